The lowest BCUT2D eigenvalue weighted by molar-refractivity contribution is -0.123. The van der Waals surface area contributed by atoms with Crippen molar-refractivity contribution >= 4 is 23.6 Å². The highest BCUT2D eigenvalue weighted by Crippen LogP contribution is 2.48. The molecule has 202 valence electrons. The van der Waals surface area contributed by atoms with Crippen molar-refractivity contribution in [3.8, 4) is 5.75 Å². The number of aliphatic hydroxyl groups excluding tert-OH is 2. The molecule has 3 N–H and O–H groups in total. The average molecular weight is 522 g/mol. The number of anilines is 1. The summed E-state index contributed by atoms with van der Waals surface area (Å²) in [7, 11) is 0. The van der Waals surface area contributed by atoms with E-state index in [0.29, 0.717) is 48.9 Å². The molecule has 0 bridgehead atoms. The predicted molar refractivity (Wildman–Crippen MR) is 145 cm³/mol. The molecule has 0 aromatic heterocycles. The zero-order valence-electron chi connectivity index (χ0n) is 21.9. The quantitative estimate of drug-likeness (QED) is 0.288. The maximum atomic E-state index is 13.8. The molecule has 6 nitrogen and oxygen atoms in total. The zero-order chi connectivity index (χ0) is 27.4. The summed E-state index contributed by atoms with van der Waals surface area (Å²) < 4.78 is 13.8. The number of fused-ring (bicyclic) bond motifs is 1. The minimum Gasteiger partial charge on any atom is -0.505 e. The second kappa shape index (κ2) is 12.0. The molecule has 1 aliphatic heterocycles. The Hall–Kier alpha value is -3.29. The van der Waals surface area contributed by atoms with Crippen LogP contribution in [0.4, 0.5) is 10.1 Å². The summed E-state index contributed by atoms with van der Waals surface area (Å²) in [5, 5.41) is 31.3. The first kappa shape index (κ1) is 27.7. The number of hydrogen-bond acceptors (Lipinski definition) is 5. The van der Waals surface area contributed by atoms with Crippen LogP contribution >= 0.6 is 0 Å². The number of hydrogen-bond donors (Lipinski definition) is 3. The van der Waals surface area contributed by atoms with Gasteiger partial charge in [-0.15, -0.1) is 0 Å². The van der Waals surface area contributed by atoms with Crippen LogP contribution in [-0.4, -0.2) is 39.8 Å². The van der Waals surface area contributed by atoms with Gasteiger partial charge in [0, 0.05) is 5.92 Å². The van der Waals surface area contributed by atoms with Gasteiger partial charge in [0.15, 0.2) is 11.6 Å². The molecule has 0 unspecified atom stereocenters. The van der Waals surface area contributed by atoms with E-state index in [-0.39, 0.29) is 18.4 Å². The molecule has 1 saturated heterocycles. The van der Waals surface area contributed by atoms with Crippen molar-refractivity contribution in [1.82, 2.24) is 0 Å². The van der Waals surface area contributed by atoms with Crippen LogP contribution in [0, 0.1) is 23.6 Å². The van der Waals surface area contributed by atoms with Crippen LogP contribution in [0.25, 0.3) is 6.08 Å². The Labute approximate surface area is 223 Å². The number of rotatable bonds is 10. The van der Waals surface area contributed by atoms with Crippen molar-refractivity contribution in [3.05, 3.63) is 76.6 Å². The summed E-state index contributed by atoms with van der Waals surface area (Å²) in [5.74, 6) is -3.55. The maximum Gasteiger partial charge on any atom is 0.238 e. The van der Waals surface area contributed by atoms with Gasteiger partial charge in [-0.05, 0) is 67.5 Å². The Morgan fingerprint density at radius 2 is 1.87 bits per heavy atom. The summed E-state index contributed by atoms with van der Waals surface area (Å²) >= 11 is 0. The smallest absolute Gasteiger partial charge is 0.238 e. The molecule has 38 heavy (non-hydrogen) atoms. The molecule has 1 heterocycles. The molecule has 2 aromatic rings. The molecule has 0 saturated carbocycles. The molecular formula is C31H36FNO5. The zero-order valence-corrected chi connectivity index (χ0v) is 21.9. The number of allylic oxidation sites excluding steroid dienone is 2. The van der Waals surface area contributed by atoms with Gasteiger partial charge in [0.05, 0.1) is 30.2 Å². The van der Waals surface area contributed by atoms with Crippen molar-refractivity contribution in [2.45, 2.75) is 58.5 Å². The number of carbonyl (C=O) groups is 2. The summed E-state index contributed by atoms with van der Waals surface area (Å²) in [6.07, 6.45) is 4.49. The van der Waals surface area contributed by atoms with Gasteiger partial charge in [0.1, 0.15) is 0 Å². The molecule has 2 aliphatic rings. The standard InChI is InChI=1S/C31H36FNO5/c1-3-8-21-17-23-29(31(38)33(30(23)37)22-9-6-5-7-10-22)24(18-34)28(21)27(36)14-11-19(4-2)15-20-12-13-26(35)25(32)16-20/h5-7,9-10,12-13,15-16,23-24,27,29,34-36H,3-4,8,11,14,17-18H2,1-2H3/b19-15+/t23-,24+,27-,29-/m1/s1. The van der Waals surface area contributed by atoms with E-state index in [0.717, 1.165) is 17.6 Å². The normalized spacial score (nSPS) is 22.7. The van der Waals surface area contributed by atoms with Crippen molar-refractivity contribution in [1.29, 1.82) is 0 Å². The molecule has 4 atom stereocenters. The average Bonchev–Trinajstić information content (AvgIpc) is 3.17. The van der Waals surface area contributed by atoms with Crippen molar-refractivity contribution < 1.29 is 29.3 Å². The van der Waals surface area contributed by atoms with Crippen LogP contribution in [0.1, 0.15) is 57.9 Å². The lowest BCUT2D eigenvalue weighted by Gasteiger charge is -2.36. The third-order valence-electron chi connectivity index (χ3n) is 7.84. The fraction of sp³-hybridized carbons (Fsp3) is 0.419. The molecule has 0 spiro atoms. The van der Waals surface area contributed by atoms with E-state index < -0.39 is 35.4 Å². The lowest BCUT2D eigenvalue weighted by Crippen LogP contribution is -2.39. The number of phenols is 1. The van der Waals surface area contributed by atoms with Crippen molar-refractivity contribution in [3.63, 3.8) is 0 Å². The molecule has 7 heteroatoms. The number of benzene rings is 2. The molecule has 1 aliphatic carbocycles. The van der Waals surface area contributed by atoms with Crippen molar-refractivity contribution in [2.75, 3.05) is 11.5 Å². The third kappa shape index (κ3) is 5.45. The van der Waals surface area contributed by atoms with Gasteiger partial charge in [-0.25, -0.2) is 4.39 Å². The number of nitrogens with zero attached hydrogens (tertiary/aromatic N) is 1. The second-order valence-electron chi connectivity index (χ2n) is 10.2. The monoisotopic (exact) mass is 521 g/mol. The van der Waals surface area contributed by atoms with E-state index in [2.05, 4.69) is 0 Å². The number of para-hydroxylation sites is 1. The van der Waals surface area contributed by atoms with Crippen molar-refractivity contribution in [2.24, 2.45) is 17.8 Å². The van der Waals surface area contributed by atoms with E-state index in [1.54, 1.807) is 30.3 Å². The Morgan fingerprint density at radius 1 is 1.13 bits per heavy atom. The summed E-state index contributed by atoms with van der Waals surface area (Å²) in [6.45, 7) is 3.69. The van der Waals surface area contributed by atoms with Crippen LogP contribution in [0.5, 0.6) is 5.75 Å². The Morgan fingerprint density at radius 3 is 2.50 bits per heavy atom. The van der Waals surface area contributed by atoms with E-state index in [9.17, 15) is 29.3 Å². The Balaban J connectivity index is 1.59. The molecule has 2 aromatic carbocycles. The SMILES string of the molecule is CCCC1=C([C@H](O)CC/C(=C/c2ccc(O)c(F)c2)CC)[C@H](CO)[C@@H]2C(=O)N(c3ccccc3)C(=O)[C@@H]2C1. The number of aromatic hydroxyl groups is 1. The highest BCUT2D eigenvalue weighted by atomic mass is 19.1. The van der Waals surface area contributed by atoms with Gasteiger partial charge >= 0.3 is 0 Å². The van der Waals surface area contributed by atoms with Gasteiger partial charge in [-0.3, -0.25) is 14.5 Å². The van der Waals surface area contributed by atoms with Crippen LogP contribution in [0.2, 0.25) is 0 Å². The van der Waals surface area contributed by atoms with Crippen LogP contribution in [0.3, 0.4) is 0 Å². The number of phenolic OH excluding ortho intramolecular Hbond substituents is 1. The van der Waals surface area contributed by atoms with E-state index >= 15 is 0 Å². The minimum absolute atomic E-state index is 0.246. The molecular weight excluding hydrogens is 485 g/mol. The number of aliphatic hydroxyl groups is 2. The number of halogens is 1. The van der Waals surface area contributed by atoms with Gasteiger partial charge in [-0.2, -0.15) is 0 Å². The fourth-order valence-electron chi connectivity index (χ4n) is 6.01. The van der Waals surface area contributed by atoms with Gasteiger partial charge in [-0.1, -0.05) is 61.8 Å². The minimum atomic E-state index is -0.880. The summed E-state index contributed by atoms with van der Waals surface area (Å²) in [4.78, 5) is 28.2. The lowest BCUT2D eigenvalue weighted by atomic mass is 9.67. The van der Waals surface area contributed by atoms with E-state index in [1.807, 2.05) is 26.0 Å². The van der Waals surface area contributed by atoms with Gasteiger partial charge < -0.3 is 15.3 Å². The Kier molecular flexibility index (Phi) is 8.80. The first-order valence-corrected chi connectivity index (χ1v) is 13.4. The summed E-state index contributed by atoms with van der Waals surface area (Å²) in [5.41, 5.74) is 3.80. The second-order valence-corrected chi connectivity index (χ2v) is 10.2. The summed E-state index contributed by atoms with van der Waals surface area (Å²) in [6, 6.07) is 13.1. The van der Waals surface area contributed by atoms with Crippen LogP contribution in [0.15, 0.2) is 65.3 Å². The van der Waals surface area contributed by atoms with E-state index in [1.165, 1.54) is 17.0 Å². The van der Waals surface area contributed by atoms with Gasteiger partial charge in [0.25, 0.3) is 0 Å². The highest BCUT2D eigenvalue weighted by Gasteiger charge is 2.55. The maximum absolute atomic E-state index is 13.8. The van der Waals surface area contributed by atoms with E-state index in [4.69, 9.17) is 0 Å². The number of carbonyl (C=O) groups excluding carboxylic acids is 2. The first-order chi connectivity index (χ1) is 18.3. The molecule has 4 rings (SSSR count). The highest BCUT2D eigenvalue weighted by molar-refractivity contribution is 6.22. The largest absolute Gasteiger partial charge is 0.505 e. The third-order valence-corrected chi connectivity index (χ3v) is 7.84. The van der Waals surface area contributed by atoms with Crippen LogP contribution in [-0.2, 0) is 9.59 Å². The fourth-order valence-corrected chi connectivity index (χ4v) is 6.01. The molecule has 2 amide bonds. The molecule has 0 radical (unpaired) electrons. The first-order valence-electron chi connectivity index (χ1n) is 13.4. The van der Waals surface area contributed by atoms with Gasteiger partial charge in [0.2, 0.25) is 11.8 Å². The number of imide groups is 1. The predicted octanol–water partition coefficient (Wildman–Crippen LogP) is 5.38. The number of amides is 2. The van der Waals surface area contributed by atoms with Crippen LogP contribution < -0.4 is 4.90 Å². The topological polar surface area (TPSA) is 98.1 Å². The Bertz CT molecular complexity index is 1240. The molecule has 1 fully saturated rings.